The lowest BCUT2D eigenvalue weighted by Gasteiger charge is -2.37. The highest BCUT2D eigenvalue weighted by atomic mass is 16.6. The summed E-state index contributed by atoms with van der Waals surface area (Å²) in [4.78, 5) is 44.4. The monoisotopic (exact) mass is 496 g/mol. The second-order valence-corrected chi connectivity index (χ2v) is 11.0. The van der Waals surface area contributed by atoms with Gasteiger partial charge < -0.3 is 20.3 Å². The van der Waals surface area contributed by atoms with Crippen LogP contribution in [0.4, 0.5) is 4.79 Å². The molecule has 1 aromatic carbocycles. The Kier molecular flexibility index (Phi) is 7.73. The first kappa shape index (κ1) is 25.8. The van der Waals surface area contributed by atoms with Gasteiger partial charge in [0, 0.05) is 17.0 Å². The van der Waals surface area contributed by atoms with Crippen LogP contribution < -0.4 is 10.6 Å². The highest BCUT2D eigenvalue weighted by Gasteiger charge is 2.46. The molecule has 2 N–H and O–H groups in total. The van der Waals surface area contributed by atoms with Gasteiger partial charge in [0.15, 0.2) is 0 Å². The normalized spacial score (nSPS) is 28.0. The number of fused-ring (bicyclic) bond motifs is 2. The van der Waals surface area contributed by atoms with E-state index >= 15 is 0 Å². The number of nitrogens with one attached hydrogen (secondary N) is 2. The molecule has 2 heterocycles. The molecule has 2 saturated heterocycles. The molecule has 1 aromatic rings. The first-order chi connectivity index (χ1) is 17.2. The van der Waals surface area contributed by atoms with Crippen molar-refractivity contribution in [3.63, 3.8) is 0 Å². The molecule has 1 aliphatic carbocycles. The molecule has 3 aliphatic rings. The summed E-state index contributed by atoms with van der Waals surface area (Å²) in [6.45, 7) is 5.26. The number of alkyl carbamates (subject to hydrolysis) is 1. The SMILES string of the molecule is CC(C)(C)OC(=O)N[C@H]1CC[C@H](N=[N+]=[N-])C[C@H]2CC[C@@H](C(=O)NC3CCCc4ccccc43)N2C1=O. The quantitative estimate of drug-likeness (QED) is 0.365. The highest BCUT2D eigenvalue weighted by Crippen LogP contribution is 2.34. The van der Waals surface area contributed by atoms with Crippen LogP contribution >= 0.6 is 0 Å². The van der Waals surface area contributed by atoms with Gasteiger partial charge in [-0.1, -0.05) is 29.4 Å². The first-order valence-electron chi connectivity index (χ1n) is 12.9. The number of azide groups is 1. The molecule has 36 heavy (non-hydrogen) atoms. The van der Waals surface area contributed by atoms with Crippen LogP contribution in [0.1, 0.15) is 82.9 Å². The van der Waals surface area contributed by atoms with Crippen LogP contribution in [0.5, 0.6) is 0 Å². The van der Waals surface area contributed by atoms with Gasteiger partial charge in [0.2, 0.25) is 11.8 Å². The number of benzene rings is 1. The molecule has 10 nitrogen and oxygen atoms in total. The number of hydrogen-bond donors (Lipinski definition) is 2. The maximum atomic E-state index is 13.7. The topological polar surface area (TPSA) is 136 Å². The van der Waals surface area contributed by atoms with Crippen LogP contribution in [0.3, 0.4) is 0 Å². The number of ether oxygens (including phenoxy) is 1. The van der Waals surface area contributed by atoms with Crippen LogP contribution in [-0.2, 0) is 20.7 Å². The molecule has 0 aromatic heterocycles. The first-order valence-corrected chi connectivity index (χ1v) is 12.9. The highest BCUT2D eigenvalue weighted by molar-refractivity contribution is 5.92. The lowest BCUT2D eigenvalue weighted by molar-refractivity contribution is -0.143. The molecule has 10 heteroatoms. The standard InChI is InChI=1S/C26H36N6O4/c1-26(2,3)36-25(35)29-21-13-11-17(30-31-27)15-18-12-14-22(32(18)24(21)34)23(33)28-20-10-6-8-16-7-4-5-9-19(16)20/h4-5,7,9,17-18,20-22H,6,8,10-15H2,1-3H3,(H,28,33)(H,29,35)/t17-,18+,20?,21-,22-/m0/s1. The molecule has 1 unspecified atom stereocenters. The Morgan fingerprint density at radius 1 is 1.08 bits per heavy atom. The van der Waals surface area contributed by atoms with Gasteiger partial charge in [0.25, 0.3) is 0 Å². The van der Waals surface area contributed by atoms with Gasteiger partial charge in [-0.3, -0.25) is 9.59 Å². The van der Waals surface area contributed by atoms with Crippen molar-refractivity contribution in [3.05, 3.63) is 45.8 Å². The molecule has 4 rings (SSSR count). The fourth-order valence-corrected chi connectivity index (χ4v) is 5.73. The van der Waals surface area contributed by atoms with Crippen LogP contribution in [0.15, 0.2) is 29.4 Å². The second kappa shape index (κ2) is 10.8. The molecule has 5 atom stereocenters. The zero-order valence-corrected chi connectivity index (χ0v) is 21.3. The maximum Gasteiger partial charge on any atom is 0.408 e. The third kappa shape index (κ3) is 5.93. The van der Waals surface area contributed by atoms with E-state index in [0.717, 1.165) is 24.8 Å². The van der Waals surface area contributed by atoms with Gasteiger partial charge in [-0.15, -0.1) is 0 Å². The van der Waals surface area contributed by atoms with Gasteiger partial charge in [-0.25, -0.2) is 4.79 Å². The summed E-state index contributed by atoms with van der Waals surface area (Å²) in [5, 5.41) is 9.84. The average molecular weight is 497 g/mol. The van der Waals surface area contributed by atoms with Gasteiger partial charge >= 0.3 is 6.09 Å². The lowest BCUT2D eigenvalue weighted by atomic mass is 9.87. The summed E-state index contributed by atoms with van der Waals surface area (Å²) in [5.41, 5.74) is 10.7. The minimum Gasteiger partial charge on any atom is -0.444 e. The number of aryl methyl sites for hydroxylation is 1. The second-order valence-electron chi connectivity index (χ2n) is 11.0. The number of hydrogen-bond acceptors (Lipinski definition) is 5. The molecule has 2 fully saturated rings. The summed E-state index contributed by atoms with van der Waals surface area (Å²) in [6, 6.07) is 6.04. The lowest BCUT2D eigenvalue weighted by Crippen LogP contribution is -2.57. The van der Waals surface area contributed by atoms with Crippen molar-refractivity contribution >= 4 is 17.9 Å². The number of amides is 3. The van der Waals surface area contributed by atoms with Gasteiger partial charge in [0.1, 0.15) is 17.7 Å². The van der Waals surface area contributed by atoms with E-state index in [9.17, 15) is 14.4 Å². The van der Waals surface area contributed by atoms with E-state index in [1.807, 2.05) is 12.1 Å². The fourth-order valence-electron chi connectivity index (χ4n) is 5.73. The van der Waals surface area contributed by atoms with E-state index in [1.54, 1.807) is 25.7 Å². The van der Waals surface area contributed by atoms with Gasteiger partial charge in [-0.2, -0.15) is 0 Å². The number of carbonyl (C=O) groups excluding carboxylic acids is 3. The smallest absolute Gasteiger partial charge is 0.408 e. The molecule has 0 saturated carbocycles. The maximum absolute atomic E-state index is 13.7. The minimum absolute atomic E-state index is 0.0852. The molecule has 0 bridgehead atoms. The summed E-state index contributed by atoms with van der Waals surface area (Å²) in [5.74, 6) is -0.462. The van der Waals surface area contributed by atoms with Crippen LogP contribution in [0.25, 0.3) is 10.4 Å². The van der Waals surface area contributed by atoms with Gasteiger partial charge in [-0.05, 0) is 88.8 Å². The van der Waals surface area contributed by atoms with Crippen molar-refractivity contribution in [2.45, 2.75) is 108 Å². The summed E-state index contributed by atoms with van der Waals surface area (Å²) < 4.78 is 5.37. The van der Waals surface area contributed by atoms with E-state index in [4.69, 9.17) is 10.3 Å². The Balaban J connectivity index is 1.54. The fraction of sp³-hybridized carbons (Fsp3) is 0.654. The Morgan fingerprint density at radius 3 is 2.61 bits per heavy atom. The van der Waals surface area contributed by atoms with Crippen molar-refractivity contribution < 1.29 is 19.1 Å². The molecular formula is C26H36N6O4. The van der Waals surface area contributed by atoms with E-state index in [0.29, 0.717) is 32.1 Å². The molecule has 2 aliphatic heterocycles. The van der Waals surface area contributed by atoms with Gasteiger partial charge in [0.05, 0.1) is 6.04 Å². The summed E-state index contributed by atoms with van der Waals surface area (Å²) in [7, 11) is 0. The van der Waals surface area contributed by atoms with Crippen molar-refractivity contribution in [3.8, 4) is 0 Å². The zero-order chi connectivity index (χ0) is 25.9. The predicted octanol–water partition coefficient (Wildman–Crippen LogP) is 4.30. The average Bonchev–Trinajstić information content (AvgIpc) is 3.23. The van der Waals surface area contributed by atoms with Crippen molar-refractivity contribution in [1.82, 2.24) is 15.5 Å². The third-order valence-electron chi connectivity index (χ3n) is 7.28. The summed E-state index contributed by atoms with van der Waals surface area (Å²) >= 11 is 0. The summed E-state index contributed by atoms with van der Waals surface area (Å²) in [6.07, 6.45) is 4.61. The number of nitrogens with zero attached hydrogens (tertiary/aromatic N) is 4. The Hall–Kier alpha value is -3.26. The number of carbonyl (C=O) groups is 3. The largest absolute Gasteiger partial charge is 0.444 e. The Bertz CT molecular complexity index is 1050. The van der Waals surface area contributed by atoms with E-state index in [1.165, 1.54) is 5.56 Å². The van der Waals surface area contributed by atoms with E-state index < -0.39 is 23.8 Å². The van der Waals surface area contributed by atoms with E-state index in [2.05, 4.69) is 32.8 Å². The number of rotatable bonds is 4. The van der Waals surface area contributed by atoms with Crippen molar-refractivity contribution in [2.24, 2.45) is 5.11 Å². The molecular weight excluding hydrogens is 460 g/mol. The van der Waals surface area contributed by atoms with E-state index in [-0.39, 0.29) is 29.9 Å². The minimum atomic E-state index is -0.858. The zero-order valence-electron chi connectivity index (χ0n) is 21.3. The van der Waals surface area contributed by atoms with Crippen LogP contribution in [0.2, 0.25) is 0 Å². The Morgan fingerprint density at radius 2 is 1.86 bits per heavy atom. The van der Waals surface area contributed by atoms with Crippen molar-refractivity contribution in [1.29, 1.82) is 0 Å². The molecule has 3 amide bonds. The third-order valence-corrected chi connectivity index (χ3v) is 7.28. The van der Waals surface area contributed by atoms with Crippen LogP contribution in [-0.4, -0.2) is 52.6 Å². The molecule has 0 spiro atoms. The molecule has 194 valence electrons. The van der Waals surface area contributed by atoms with Crippen molar-refractivity contribution in [2.75, 3.05) is 0 Å². The molecule has 0 radical (unpaired) electrons. The predicted molar refractivity (Wildman–Crippen MR) is 134 cm³/mol. The Labute approximate surface area is 211 Å². The van der Waals surface area contributed by atoms with Crippen LogP contribution in [0, 0.1) is 0 Å².